The van der Waals surface area contributed by atoms with Crippen molar-refractivity contribution >= 4 is 27.6 Å². The fourth-order valence-electron chi connectivity index (χ4n) is 4.70. The fourth-order valence-corrected chi connectivity index (χ4v) is 6.02. The smallest absolute Gasteiger partial charge is 0.264 e. The first kappa shape index (κ1) is 26.9. The summed E-state index contributed by atoms with van der Waals surface area (Å²) in [7, 11) is -3.80. The van der Waals surface area contributed by atoms with Crippen LogP contribution in [0.1, 0.15) is 43.5 Å². The van der Waals surface area contributed by atoms with Crippen molar-refractivity contribution in [1.29, 1.82) is 5.41 Å². The van der Waals surface area contributed by atoms with Crippen LogP contribution in [0, 0.1) is 24.1 Å². The van der Waals surface area contributed by atoms with Crippen molar-refractivity contribution in [1.82, 2.24) is 24.2 Å². The van der Waals surface area contributed by atoms with Gasteiger partial charge in [0, 0.05) is 61.9 Å². The predicted molar refractivity (Wildman–Crippen MR) is 142 cm³/mol. The summed E-state index contributed by atoms with van der Waals surface area (Å²) in [6, 6.07) is 9.79. The molecule has 0 spiro atoms. The predicted octanol–water partition coefficient (Wildman–Crippen LogP) is 4.19. The van der Waals surface area contributed by atoms with Crippen LogP contribution in [0.5, 0.6) is 0 Å². The summed E-state index contributed by atoms with van der Waals surface area (Å²) >= 11 is 0. The Morgan fingerprint density at radius 3 is 2.57 bits per heavy atom. The normalized spacial score (nSPS) is 17.3. The molecule has 0 amide bonds. The number of hydrogen-bond acceptors (Lipinski definition) is 7. The molecule has 4 rings (SSSR count). The number of rotatable bonds is 9. The van der Waals surface area contributed by atoms with Crippen LogP contribution in [0.15, 0.2) is 47.6 Å². The summed E-state index contributed by atoms with van der Waals surface area (Å²) < 4.78 is 43.2. The lowest BCUT2D eigenvalue weighted by atomic mass is 9.94. The van der Waals surface area contributed by atoms with E-state index >= 15 is 0 Å². The fraction of sp³-hybridized carbons (Fsp3) is 0.423. The third kappa shape index (κ3) is 5.89. The molecular formula is C26H34FN7O2S. The van der Waals surface area contributed by atoms with Gasteiger partial charge < -0.3 is 10.7 Å². The number of anilines is 2. The molecule has 1 atom stereocenters. The van der Waals surface area contributed by atoms with Crippen LogP contribution >= 0.6 is 0 Å². The molecule has 0 bridgehead atoms. The standard InChI is InChI=1S/C26H34FN7O2S/c1-5-33-17-26(30-31-33)37(35,36)34-11-10-32(15-18(2)3)25(16-34)23-13-20(14-28)24(12-19(23)4)29-22-8-6-21(27)7-9-22/h6-9,12-14,17-18,25,28-29H,5,10-11,15-16H2,1-4H3/t25-/m1/s1. The van der Waals surface area contributed by atoms with Gasteiger partial charge in [-0.1, -0.05) is 19.1 Å². The largest absolute Gasteiger partial charge is 0.355 e. The molecule has 1 aliphatic heterocycles. The molecule has 2 aromatic carbocycles. The van der Waals surface area contributed by atoms with E-state index in [-0.39, 0.29) is 23.4 Å². The number of piperazine rings is 1. The number of nitrogens with one attached hydrogen (secondary N) is 2. The monoisotopic (exact) mass is 527 g/mol. The van der Waals surface area contributed by atoms with Crippen molar-refractivity contribution in [2.75, 3.05) is 31.5 Å². The van der Waals surface area contributed by atoms with Gasteiger partial charge >= 0.3 is 0 Å². The summed E-state index contributed by atoms with van der Waals surface area (Å²) in [6.45, 7) is 10.7. The molecule has 3 aromatic rings. The highest BCUT2D eigenvalue weighted by molar-refractivity contribution is 7.89. The van der Waals surface area contributed by atoms with Crippen molar-refractivity contribution < 1.29 is 12.8 Å². The molecular weight excluding hydrogens is 493 g/mol. The van der Waals surface area contributed by atoms with Crippen molar-refractivity contribution in [3.8, 4) is 0 Å². The number of aromatic nitrogens is 3. The number of nitrogens with zero attached hydrogens (tertiary/aromatic N) is 5. The highest BCUT2D eigenvalue weighted by atomic mass is 32.2. The molecule has 11 heteroatoms. The first-order valence-corrected chi connectivity index (χ1v) is 13.9. The lowest BCUT2D eigenvalue weighted by Crippen LogP contribution is -2.51. The summed E-state index contributed by atoms with van der Waals surface area (Å²) in [5, 5.41) is 19.1. The lowest BCUT2D eigenvalue weighted by molar-refractivity contribution is 0.105. The minimum atomic E-state index is -3.80. The van der Waals surface area contributed by atoms with Gasteiger partial charge in [-0.25, -0.2) is 12.8 Å². The van der Waals surface area contributed by atoms with E-state index in [0.717, 1.165) is 23.4 Å². The van der Waals surface area contributed by atoms with Gasteiger partial charge in [-0.2, -0.15) is 4.31 Å². The first-order chi connectivity index (χ1) is 17.6. The minimum Gasteiger partial charge on any atom is -0.355 e. The maximum Gasteiger partial charge on any atom is 0.264 e. The van der Waals surface area contributed by atoms with Crippen molar-refractivity contribution in [2.24, 2.45) is 5.92 Å². The Morgan fingerprint density at radius 1 is 1.22 bits per heavy atom. The minimum absolute atomic E-state index is 0.0406. The zero-order valence-corrected chi connectivity index (χ0v) is 22.5. The Balaban J connectivity index is 1.68. The van der Waals surface area contributed by atoms with Gasteiger partial charge in [0.05, 0.1) is 6.20 Å². The van der Waals surface area contributed by atoms with Crippen LogP contribution in [-0.4, -0.2) is 65.0 Å². The number of hydrogen-bond donors (Lipinski definition) is 2. The topological polar surface area (TPSA) is 107 Å². The second-order valence-corrected chi connectivity index (χ2v) is 11.6. The zero-order chi connectivity index (χ0) is 26.7. The second kappa shape index (κ2) is 11.1. The van der Waals surface area contributed by atoms with E-state index in [1.165, 1.54) is 33.5 Å². The van der Waals surface area contributed by atoms with Gasteiger partial charge in [0.2, 0.25) is 5.03 Å². The molecule has 1 aromatic heterocycles. The molecule has 0 unspecified atom stereocenters. The molecule has 1 saturated heterocycles. The molecule has 0 aliphatic carbocycles. The first-order valence-electron chi connectivity index (χ1n) is 12.4. The zero-order valence-electron chi connectivity index (χ0n) is 21.6. The van der Waals surface area contributed by atoms with Crippen LogP contribution in [-0.2, 0) is 16.6 Å². The third-order valence-electron chi connectivity index (χ3n) is 6.58. The van der Waals surface area contributed by atoms with Crippen molar-refractivity contribution in [2.45, 2.75) is 45.3 Å². The molecule has 1 fully saturated rings. The van der Waals surface area contributed by atoms with E-state index in [0.29, 0.717) is 36.8 Å². The van der Waals surface area contributed by atoms with E-state index in [9.17, 15) is 12.8 Å². The third-order valence-corrected chi connectivity index (χ3v) is 8.30. The van der Waals surface area contributed by atoms with Crippen molar-refractivity contribution in [3.63, 3.8) is 0 Å². The molecule has 0 saturated carbocycles. The molecule has 9 nitrogen and oxygen atoms in total. The van der Waals surface area contributed by atoms with E-state index in [1.54, 1.807) is 12.1 Å². The Bertz CT molecular complexity index is 1360. The van der Waals surface area contributed by atoms with Crippen LogP contribution in [0.3, 0.4) is 0 Å². The quantitative estimate of drug-likeness (QED) is 0.404. The maximum atomic E-state index is 13.4. The van der Waals surface area contributed by atoms with Gasteiger partial charge in [0.25, 0.3) is 10.0 Å². The molecule has 2 N–H and O–H groups in total. The second-order valence-electron chi connectivity index (χ2n) is 9.75. The highest BCUT2D eigenvalue weighted by Gasteiger charge is 2.37. The van der Waals surface area contributed by atoms with E-state index in [4.69, 9.17) is 5.41 Å². The number of benzene rings is 2. The molecule has 1 aliphatic rings. The SMILES string of the molecule is CCn1cc(S(=O)(=O)N2CCN(CC(C)C)[C@@H](c3cc(C=N)c(Nc4ccc(F)cc4)cc3C)C2)nn1. The van der Waals surface area contributed by atoms with Gasteiger partial charge in [0.1, 0.15) is 5.82 Å². The van der Waals surface area contributed by atoms with Gasteiger partial charge in [-0.3, -0.25) is 9.58 Å². The van der Waals surface area contributed by atoms with Crippen LogP contribution in [0.25, 0.3) is 0 Å². The Labute approximate surface area is 217 Å². The summed E-state index contributed by atoms with van der Waals surface area (Å²) in [6.07, 6.45) is 2.75. The van der Waals surface area contributed by atoms with Crippen LogP contribution in [0.2, 0.25) is 0 Å². The van der Waals surface area contributed by atoms with Gasteiger partial charge in [0.15, 0.2) is 0 Å². The van der Waals surface area contributed by atoms with Crippen molar-refractivity contribution in [3.05, 3.63) is 65.1 Å². The summed E-state index contributed by atoms with van der Waals surface area (Å²) in [5.41, 5.74) is 4.06. The number of halogens is 1. The molecule has 198 valence electrons. The molecule has 37 heavy (non-hydrogen) atoms. The average Bonchev–Trinajstić information content (AvgIpc) is 3.36. The van der Waals surface area contributed by atoms with E-state index in [1.807, 2.05) is 26.0 Å². The lowest BCUT2D eigenvalue weighted by Gasteiger charge is -2.42. The van der Waals surface area contributed by atoms with E-state index in [2.05, 4.69) is 34.4 Å². The summed E-state index contributed by atoms with van der Waals surface area (Å²) in [4.78, 5) is 2.32. The van der Waals surface area contributed by atoms with Crippen LogP contribution < -0.4 is 5.32 Å². The molecule has 0 radical (unpaired) electrons. The van der Waals surface area contributed by atoms with Gasteiger partial charge in [-0.05, 0) is 67.3 Å². The number of sulfonamides is 1. The average molecular weight is 528 g/mol. The van der Waals surface area contributed by atoms with E-state index < -0.39 is 10.0 Å². The Morgan fingerprint density at radius 2 is 1.95 bits per heavy atom. The Hall–Kier alpha value is -3.15. The highest BCUT2D eigenvalue weighted by Crippen LogP contribution is 2.34. The van der Waals surface area contributed by atoms with Crippen LogP contribution in [0.4, 0.5) is 15.8 Å². The maximum absolute atomic E-state index is 13.4. The summed E-state index contributed by atoms with van der Waals surface area (Å²) in [5.74, 6) is 0.0840. The number of aryl methyl sites for hydroxylation is 2. The Kier molecular flexibility index (Phi) is 8.05. The molecule has 2 heterocycles. The van der Waals surface area contributed by atoms with Gasteiger partial charge in [-0.15, -0.1) is 5.10 Å².